The van der Waals surface area contributed by atoms with Gasteiger partial charge in [0.05, 0.1) is 0 Å². The smallest absolute Gasteiger partial charge is 0.265 e. The molecule has 0 heterocycles. The number of nitrogens with two attached hydrogens (primary N) is 1. The van der Waals surface area contributed by atoms with E-state index in [2.05, 4.69) is 5.32 Å². The van der Waals surface area contributed by atoms with Crippen molar-refractivity contribution >= 4 is 5.91 Å². The second kappa shape index (κ2) is 6.68. The maximum absolute atomic E-state index is 11.8. The van der Waals surface area contributed by atoms with E-state index in [4.69, 9.17) is 10.8 Å². The van der Waals surface area contributed by atoms with Crippen LogP contribution in [0.2, 0.25) is 0 Å². The van der Waals surface area contributed by atoms with Gasteiger partial charge in [-0.15, -0.1) is 0 Å². The number of amides is 1. The number of alkyl halides is 2. The van der Waals surface area contributed by atoms with Gasteiger partial charge in [-0.2, -0.15) is 0 Å². The molecule has 2 unspecified atom stereocenters. The maximum atomic E-state index is 11.8. The molecule has 0 radical (unpaired) electrons. The molecule has 0 aromatic rings. The van der Waals surface area contributed by atoms with Crippen LogP contribution in [0.25, 0.3) is 0 Å². The minimum absolute atomic E-state index is 0.0770. The van der Waals surface area contributed by atoms with Gasteiger partial charge >= 0.3 is 0 Å². The van der Waals surface area contributed by atoms with Gasteiger partial charge in [0, 0.05) is 19.0 Å². The van der Waals surface area contributed by atoms with Crippen LogP contribution in [0.5, 0.6) is 0 Å². The highest BCUT2D eigenvalue weighted by Gasteiger charge is 2.18. The van der Waals surface area contributed by atoms with Crippen molar-refractivity contribution < 1.29 is 18.7 Å². The summed E-state index contributed by atoms with van der Waals surface area (Å²) in [5, 5.41) is 10.9. The maximum Gasteiger partial charge on any atom is 0.265 e. The van der Waals surface area contributed by atoms with Crippen LogP contribution >= 0.6 is 0 Å². The van der Waals surface area contributed by atoms with Gasteiger partial charge in [-0.05, 0) is 5.92 Å². The van der Waals surface area contributed by atoms with Gasteiger partial charge in [0.15, 0.2) is 0 Å². The van der Waals surface area contributed by atoms with E-state index in [1.807, 2.05) is 13.8 Å². The molecule has 0 rings (SSSR count). The fourth-order valence-electron chi connectivity index (χ4n) is 0.829. The van der Waals surface area contributed by atoms with Gasteiger partial charge in [0.1, 0.15) is 6.10 Å². The molecule has 4 N–H and O–H groups in total. The molecule has 90 valence electrons. The van der Waals surface area contributed by atoms with Crippen molar-refractivity contribution in [3.63, 3.8) is 0 Å². The lowest BCUT2D eigenvalue weighted by Crippen LogP contribution is -2.39. The minimum atomic E-state index is -2.84. The normalized spacial score (nSPS) is 15.5. The number of rotatable bonds is 6. The molecule has 6 heteroatoms. The molecule has 0 aliphatic heterocycles. The molecule has 1 amide bonds. The summed E-state index contributed by atoms with van der Waals surface area (Å²) in [6, 6.07) is -0.298. The lowest BCUT2D eigenvalue weighted by Gasteiger charge is -2.16. The first-order chi connectivity index (χ1) is 6.84. The Bertz CT molecular complexity index is 201. The summed E-state index contributed by atoms with van der Waals surface area (Å²) in [6.07, 6.45) is -4.58. The van der Waals surface area contributed by atoms with Crippen molar-refractivity contribution in [3.8, 4) is 0 Å². The number of carbonyl (C=O) groups excluding carboxylic acids is 1. The van der Waals surface area contributed by atoms with E-state index < -0.39 is 25.0 Å². The topological polar surface area (TPSA) is 75.4 Å². The van der Waals surface area contributed by atoms with Crippen LogP contribution in [0, 0.1) is 5.92 Å². The molecule has 0 aliphatic rings. The predicted molar refractivity (Wildman–Crippen MR) is 52.5 cm³/mol. The number of hydrogen-bond acceptors (Lipinski definition) is 3. The largest absolute Gasteiger partial charge is 0.385 e. The van der Waals surface area contributed by atoms with Gasteiger partial charge in [-0.3, -0.25) is 4.79 Å². The standard InChI is InChI=1S/C9H18F2N2O2/c1-5(2)6(12)3-8(15)13-4-7(14)9(10)11/h5-7,9,14H,3-4,12H2,1-2H3,(H,13,15). The Balaban J connectivity index is 3.76. The van der Waals surface area contributed by atoms with Crippen molar-refractivity contribution in [2.45, 2.75) is 38.8 Å². The molecule has 0 fully saturated rings. The summed E-state index contributed by atoms with van der Waals surface area (Å²) in [5.41, 5.74) is 5.61. The van der Waals surface area contributed by atoms with E-state index in [1.165, 1.54) is 0 Å². The molecule has 15 heavy (non-hydrogen) atoms. The minimum Gasteiger partial charge on any atom is -0.385 e. The van der Waals surface area contributed by atoms with E-state index in [-0.39, 0.29) is 18.4 Å². The predicted octanol–water partition coefficient (Wildman–Crippen LogP) is 0.102. The zero-order chi connectivity index (χ0) is 12.0. The third-order valence-electron chi connectivity index (χ3n) is 2.08. The second-order valence-electron chi connectivity index (χ2n) is 3.82. The second-order valence-corrected chi connectivity index (χ2v) is 3.82. The molecule has 2 atom stereocenters. The van der Waals surface area contributed by atoms with Crippen LogP contribution < -0.4 is 11.1 Å². The fourth-order valence-corrected chi connectivity index (χ4v) is 0.829. The van der Waals surface area contributed by atoms with Gasteiger partial charge in [-0.25, -0.2) is 8.78 Å². The third kappa shape index (κ3) is 6.35. The molecule has 0 aliphatic carbocycles. The number of nitrogens with one attached hydrogen (secondary N) is 1. The number of aliphatic hydroxyl groups is 1. The fraction of sp³-hybridized carbons (Fsp3) is 0.889. The Labute approximate surface area is 87.8 Å². The lowest BCUT2D eigenvalue weighted by molar-refractivity contribution is -0.122. The number of halogens is 2. The Morgan fingerprint density at radius 3 is 2.40 bits per heavy atom. The van der Waals surface area contributed by atoms with Gasteiger partial charge in [0.25, 0.3) is 6.43 Å². The van der Waals surface area contributed by atoms with Crippen LogP contribution in [-0.2, 0) is 4.79 Å². The van der Waals surface area contributed by atoms with Crippen molar-refractivity contribution in [2.75, 3.05) is 6.54 Å². The van der Waals surface area contributed by atoms with E-state index in [0.29, 0.717) is 0 Å². The first kappa shape index (κ1) is 14.2. The number of aliphatic hydroxyl groups excluding tert-OH is 1. The molecule has 0 aromatic carbocycles. The molecule has 0 aromatic heterocycles. The highest BCUT2D eigenvalue weighted by Crippen LogP contribution is 2.03. The summed E-state index contributed by atoms with van der Waals surface area (Å²) in [5.74, 6) is -0.272. The number of carbonyl (C=O) groups is 1. The van der Waals surface area contributed by atoms with E-state index >= 15 is 0 Å². The van der Waals surface area contributed by atoms with Crippen LogP contribution in [0.1, 0.15) is 20.3 Å². The quantitative estimate of drug-likeness (QED) is 0.599. The van der Waals surface area contributed by atoms with Crippen LogP contribution in [0.4, 0.5) is 8.78 Å². The summed E-state index contributed by atoms with van der Waals surface area (Å²) in [7, 11) is 0. The first-order valence-electron chi connectivity index (χ1n) is 4.83. The first-order valence-corrected chi connectivity index (χ1v) is 4.83. The molecule has 0 bridgehead atoms. The summed E-state index contributed by atoms with van der Waals surface area (Å²) < 4.78 is 23.7. The van der Waals surface area contributed by atoms with Crippen LogP contribution in [0.15, 0.2) is 0 Å². The Kier molecular flexibility index (Phi) is 6.35. The Hall–Kier alpha value is -0.750. The molecule has 0 saturated carbocycles. The molecule has 0 saturated heterocycles. The van der Waals surface area contributed by atoms with Gasteiger partial charge in [-0.1, -0.05) is 13.8 Å². The van der Waals surface area contributed by atoms with Crippen molar-refractivity contribution in [1.82, 2.24) is 5.32 Å². The third-order valence-corrected chi connectivity index (χ3v) is 2.08. The van der Waals surface area contributed by atoms with Crippen molar-refractivity contribution in [1.29, 1.82) is 0 Å². The lowest BCUT2D eigenvalue weighted by atomic mass is 10.0. The molecular weight excluding hydrogens is 206 g/mol. The van der Waals surface area contributed by atoms with Gasteiger partial charge in [0.2, 0.25) is 5.91 Å². The highest BCUT2D eigenvalue weighted by atomic mass is 19.3. The van der Waals surface area contributed by atoms with E-state index in [0.717, 1.165) is 0 Å². The summed E-state index contributed by atoms with van der Waals surface area (Å²) >= 11 is 0. The van der Waals surface area contributed by atoms with Gasteiger partial charge < -0.3 is 16.2 Å². The molecule has 0 spiro atoms. The Morgan fingerprint density at radius 2 is 2.00 bits per heavy atom. The van der Waals surface area contributed by atoms with Crippen molar-refractivity contribution in [2.24, 2.45) is 11.7 Å². The summed E-state index contributed by atoms with van der Waals surface area (Å²) in [4.78, 5) is 11.1. The average molecular weight is 224 g/mol. The van der Waals surface area contributed by atoms with E-state index in [9.17, 15) is 13.6 Å². The SMILES string of the molecule is CC(C)C(N)CC(=O)NCC(O)C(F)F. The van der Waals surface area contributed by atoms with Crippen LogP contribution in [0.3, 0.4) is 0 Å². The zero-order valence-corrected chi connectivity index (χ0v) is 8.91. The monoisotopic (exact) mass is 224 g/mol. The zero-order valence-electron chi connectivity index (χ0n) is 8.91. The Morgan fingerprint density at radius 1 is 1.47 bits per heavy atom. The summed E-state index contributed by atoms with van der Waals surface area (Å²) in [6.45, 7) is 3.29. The van der Waals surface area contributed by atoms with Crippen LogP contribution in [-0.4, -0.2) is 36.1 Å². The van der Waals surface area contributed by atoms with E-state index in [1.54, 1.807) is 0 Å². The average Bonchev–Trinajstić information content (AvgIpc) is 2.13. The van der Waals surface area contributed by atoms with Crippen molar-refractivity contribution in [3.05, 3.63) is 0 Å². The number of hydrogen-bond donors (Lipinski definition) is 3. The highest BCUT2D eigenvalue weighted by molar-refractivity contribution is 5.76. The molecule has 4 nitrogen and oxygen atoms in total. The molecular formula is C9H18F2N2O2.